The van der Waals surface area contributed by atoms with Gasteiger partial charge >= 0.3 is 6.03 Å². The fraction of sp³-hybridized carbons (Fsp3) is 0.467. The van der Waals surface area contributed by atoms with Crippen molar-refractivity contribution in [1.82, 2.24) is 10.2 Å². The molecule has 3 rings (SSSR count). The van der Waals surface area contributed by atoms with E-state index in [9.17, 15) is 9.59 Å². The van der Waals surface area contributed by atoms with Crippen LogP contribution < -0.4 is 5.32 Å². The molecule has 2 aliphatic rings. The fourth-order valence-electron chi connectivity index (χ4n) is 2.73. The van der Waals surface area contributed by atoms with E-state index >= 15 is 0 Å². The Morgan fingerprint density at radius 2 is 2.05 bits per heavy atom. The zero-order valence-electron chi connectivity index (χ0n) is 11.2. The third-order valence-electron chi connectivity index (χ3n) is 3.80. The Balaban J connectivity index is 1.64. The first-order valence-corrected chi connectivity index (χ1v) is 7.01. The lowest BCUT2D eigenvalue weighted by Gasteiger charge is -2.17. The number of carbonyl (C=O) groups is 2. The van der Waals surface area contributed by atoms with Gasteiger partial charge in [-0.3, -0.25) is 9.69 Å². The number of hydrogen-bond acceptors (Lipinski definition) is 3. The van der Waals surface area contributed by atoms with Crippen LogP contribution in [0.25, 0.3) is 0 Å². The molecule has 0 saturated carbocycles. The van der Waals surface area contributed by atoms with Crippen LogP contribution in [0.4, 0.5) is 4.79 Å². The molecule has 20 heavy (non-hydrogen) atoms. The summed E-state index contributed by atoms with van der Waals surface area (Å²) in [5, 5.41) is 2.76. The molecule has 2 fully saturated rings. The smallest absolute Gasteiger partial charge is 0.324 e. The van der Waals surface area contributed by atoms with E-state index in [1.54, 1.807) is 0 Å². The second-order valence-corrected chi connectivity index (χ2v) is 5.28. The Kier molecular flexibility index (Phi) is 3.69. The number of amides is 3. The number of imide groups is 1. The molecule has 5 heteroatoms. The van der Waals surface area contributed by atoms with Crippen molar-refractivity contribution < 1.29 is 14.3 Å². The molecule has 3 amide bonds. The Hall–Kier alpha value is -1.88. The molecule has 2 heterocycles. The van der Waals surface area contributed by atoms with Gasteiger partial charge in [0, 0.05) is 13.0 Å². The summed E-state index contributed by atoms with van der Waals surface area (Å²) in [6.07, 6.45) is 2.45. The van der Waals surface area contributed by atoms with Crippen LogP contribution in [0, 0.1) is 0 Å². The van der Waals surface area contributed by atoms with E-state index in [0.717, 1.165) is 25.0 Å². The molecular formula is C15H18N2O3. The van der Waals surface area contributed by atoms with E-state index in [0.29, 0.717) is 13.0 Å². The zero-order chi connectivity index (χ0) is 13.9. The highest BCUT2D eigenvalue weighted by Gasteiger charge is 2.39. The van der Waals surface area contributed by atoms with Gasteiger partial charge in [0.2, 0.25) is 0 Å². The molecule has 1 aromatic rings. The molecule has 0 bridgehead atoms. The third-order valence-corrected chi connectivity index (χ3v) is 3.80. The van der Waals surface area contributed by atoms with Gasteiger partial charge in [-0.25, -0.2) is 4.79 Å². The SMILES string of the molecule is O=C1N[C@@H](Cc2ccccc2)C(=O)N1C[C@@H]1CCCO1. The van der Waals surface area contributed by atoms with Crippen molar-refractivity contribution in [2.24, 2.45) is 0 Å². The van der Waals surface area contributed by atoms with Crippen molar-refractivity contribution in [3.05, 3.63) is 35.9 Å². The summed E-state index contributed by atoms with van der Waals surface area (Å²) < 4.78 is 5.49. The van der Waals surface area contributed by atoms with E-state index in [1.165, 1.54) is 4.90 Å². The van der Waals surface area contributed by atoms with Crippen LogP contribution in [0.15, 0.2) is 30.3 Å². The van der Waals surface area contributed by atoms with Crippen LogP contribution in [-0.2, 0) is 16.0 Å². The minimum atomic E-state index is -0.452. The normalized spacial score (nSPS) is 26.1. The van der Waals surface area contributed by atoms with Crippen molar-refractivity contribution in [3.63, 3.8) is 0 Å². The van der Waals surface area contributed by atoms with Crippen molar-refractivity contribution in [2.75, 3.05) is 13.2 Å². The largest absolute Gasteiger partial charge is 0.376 e. The predicted molar refractivity (Wildman–Crippen MR) is 73.2 cm³/mol. The van der Waals surface area contributed by atoms with Crippen molar-refractivity contribution >= 4 is 11.9 Å². The first-order chi connectivity index (χ1) is 9.74. The highest BCUT2D eigenvalue weighted by molar-refractivity contribution is 6.04. The molecule has 5 nitrogen and oxygen atoms in total. The predicted octanol–water partition coefficient (Wildman–Crippen LogP) is 1.33. The zero-order valence-corrected chi connectivity index (χ0v) is 11.2. The van der Waals surface area contributed by atoms with Crippen molar-refractivity contribution in [1.29, 1.82) is 0 Å². The number of nitrogens with one attached hydrogen (secondary N) is 1. The molecule has 0 unspecified atom stereocenters. The highest BCUT2D eigenvalue weighted by atomic mass is 16.5. The molecule has 1 N–H and O–H groups in total. The summed E-state index contributed by atoms with van der Waals surface area (Å²) in [5.41, 5.74) is 1.05. The summed E-state index contributed by atoms with van der Waals surface area (Å²) >= 11 is 0. The van der Waals surface area contributed by atoms with E-state index in [2.05, 4.69) is 5.32 Å². The van der Waals surface area contributed by atoms with E-state index in [4.69, 9.17) is 4.74 Å². The lowest BCUT2D eigenvalue weighted by atomic mass is 10.1. The standard InChI is InChI=1S/C15H18N2O3/c18-14-13(9-11-5-2-1-3-6-11)16-15(19)17(14)10-12-7-4-8-20-12/h1-3,5-6,12-13H,4,7-10H2,(H,16,19)/t12-,13-/m0/s1. The van der Waals surface area contributed by atoms with Crippen LogP contribution in [0.5, 0.6) is 0 Å². The molecule has 2 saturated heterocycles. The monoisotopic (exact) mass is 274 g/mol. The van der Waals surface area contributed by atoms with E-state index in [1.807, 2.05) is 30.3 Å². The van der Waals surface area contributed by atoms with Crippen LogP contribution >= 0.6 is 0 Å². The van der Waals surface area contributed by atoms with Crippen molar-refractivity contribution in [2.45, 2.75) is 31.4 Å². The molecule has 1 aromatic carbocycles. The Morgan fingerprint density at radius 1 is 1.25 bits per heavy atom. The summed E-state index contributed by atoms with van der Waals surface area (Å²) in [4.78, 5) is 25.5. The molecule has 0 spiro atoms. The summed E-state index contributed by atoms with van der Waals surface area (Å²) in [7, 11) is 0. The van der Waals surface area contributed by atoms with Gasteiger partial charge in [0.1, 0.15) is 6.04 Å². The molecular weight excluding hydrogens is 256 g/mol. The number of carbonyl (C=O) groups excluding carboxylic acids is 2. The number of rotatable bonds is 4. The summed E-state index contributed by atoms with van der Waals surface area (Å²) in [6, 6.07) is 8.96. The Morgan fingerprint density at radius 3 is 2.75 bits per heavy atom. The Labute approximate surface area is 117 Å². The molecule has 106 valence electrons. The number of hydrogen-bond donors (Lipinski definition) is 1. The lowest BCUT2D eigenvalue weighted by Crippen LogP contribution is -2.38. The van der Waals surface area contributed by atoms with Gasteiger partial charge in [-0.05, 0) is 18.4 Å². The van der Waals surface area contributed by atoms with E-state index < -0.39 is 6.04 Å². The van der Waals surface area contributed by atoms with Crippen LogP contribution in [0.2, 0.25) is 0 Å². The maximum Gasteiger partial charge on any atom is 0.324 e. The van der Waals surface area contributed by atoms with Gasteiger partial charge in [0.25, 0.3) is 5.91 Å². The molecule has 0 aromatic heterocycles. The van der Waals surface area contributed by atoms with Gasteiger partial charge in [-0.2, -0.15) is 0 Å². The fourth-order valence-corrected chi connectivity index (χ4v) is 2.73. The second-order valence-electron chi connectivity index (χ2n) is 5.28. The molecule has 2 aliphatic heterocycles. The summed E-state index contributed by atoms with van der Waals surface area (Å²) in [6.45, 7) is 1.09. The summed E-state index contributed by atoms with van der Waals surface area (Å²) in [5.74, 6) is -0.144. The van der Waals surface area contributed by atoms with E-state index in [-0.39, 0.29) is 18.0 Å². The Bertz CT molecular complexity index is 497. The first-order valence-electron chi connectivity index (χ1n) is 7.01. The number of urea groups is 1. The van der Waals surface area contributed by atoms with Gasteiger partial charge in [0.15, 0.2) is 0 Å². The van der Waals surface area contributed by atoms with Gasteiger partial charge in [0.05, 0.1) is 12.6 Å². The number of benzene rings is 1. The molecule has 2 atom stereocenters. The molecule has 0 aliphatic carbocycles. The quantitative estimate of drug-likeness (QED) is 0.843. The minimum Gasteiger partial charge on any atom is -0.376 e. The maximum atomic E-state index is 12.3. The maximum absolute atomic E-state index is 12.3. The third kappa shape index (κ3) is 2.67. The van der Waals surface area contributed by atoms with Crippen LogP contribution in [0.3, 0.4) is 0 Å². The topological polar surface area (TPSA) is 58.6 Å². The van der Waals surface area contributed by atoms with Crippen molar-refractivity contribution in [3.8, 4) is 0 Å². The molecule has 0 radical (unpaired) electrons. The van der Waals surface area contributed by atoms with Gasteiger partial charge < -0.3 is 10.1 Å². The second kappa shape index (κ2) is 5.63. The van der Waals surface area contributed by atoms with Gasteiger partial charge in [-0.15, -0.1) is 0 Å². The van der Waals surface area contributed by atoms with Gasteiger partial charge in [-0.1, -0.05) is 30.3 Å². The van der Waals surface area contributed by atoms with Crippen LogP contribution in [-0.4, -0.2) is 42.1 Å². The highest BCUT2D eigenvalue weighted by Crippen LogP contribution is 2.17. The minimum absolute atomic E-state index is 0.000162. The lowest BCUT2D eigenvalue weighted by molar-refractivity contribution is -0.128. The van der Waals surface area contributed by atoms with Crippen LogP contribution in [0.1, 0.15) is 18.4 Å². The average molecular weight is 274 g/mol. The number of nitrogens with zero attached hydrogens (tertiary/aromatic N) is 1. The number of ether oxygens (including phenoxy) is 1. The first kappa shape index (κ1) is 13.1. The average Bonchev–Trinajstić information content (AvgIpc) is 3.05.